The molecule has 2 N–H and O–H groups in total. The quantitative estimate of drug-likeness (QED) is 0.787. The second-order valence-corrected chi connectivity index (χ2v) is 6.37. The van der Waals surface area contributed by atoms with Crippen LogP contribution < -0.4 is 4.74 Å². The highest BCUT2D eigenvalue weighted by Gasteiger charge is 2.35. The maximum Gasteiger partial charge on any atom is 0.335 e. The number of amides is 1. The second kappa shape index (κ2) is 7.57. The molecule has 1 amide bonds. The summed E-state index contributed by atoms with van der Waals surface area (Å²) < 4.78 is 7.41. The zero-order chi connectivity index (χ0) is 18.7. The number of benzene rings is 1. The molecule has 3 rings (SSSR count). The minimum Gasteiger partial charge on any atom is -0.486 e. The van der Waals surface area contributed by atoms with Gasteiger partial charge in [0, 0.05) is 19.7 Å². The lowest BCUT2D eigenvalue weighted by molar-refractivity contribution is -0.130. The molecule has 8 nitrogen and oxygen atoms in total. The van der Waals surface area contributed by atoms with Crippen molar-refractivity contribution in [2.45, 2.75) is 25.0 Å². The molecule has 2 atom stereocenters. The van der Waals surface area contributed by atoms with E-state index in [0.29, 0.717) is 25.1 Å². The Labute approximate surface area is 150 Å². The molecular formula is C18H21N3O5. The van der Waals surface area contributed by atoms with Crippen molar-refractivity contribution in [3.05, 3.63) is 47.8 Å². The van der Waals surface area contributed by atoms with Crippen LogP contribution in [-0.4, -0.2) is 62.1 Å². The van der Waals surface area contributed by atoms with E-state index in [-0.39, 0.29) is 18.0 Å². The van der Waals surface area contributed by atoms with Crippen molar-refractivity contribution in [2.75, 3.05) is 13.1 Å². The van der Waals surface area contributed by atoms with Gasteiger partial charge in [0.2, 0.25) is 5.91 Å². The largest absolute Gasteiger partial charge is 0.486 e. The van der Waals surface area contributed by atoms with E-state index in [2.05, 4.69) is 5.10 Å². The molecule has 0 spiro atoms. The van der Waals surface area contributed by atoms with Crippen LogP contribution in [0.2, 0.25) is 0 Å². The van der Waals surface area contributed by atoms with Gasteiger partial charge in [0.25, 0.3) is 0 Å². The molecule has 2 aromatic rings. The number of aliphatic hydroxyl groups is 1. The Morgan fingerprint density at radius 3 is 2.62 bits per heavy atom. The number of aryl methyl sites for hydroxylation is 2. The lowest BCUT2D eigenvalue weighted by Gasteiger charge is -2.17. The van der Waals surface area contributed by atoms with Crippen LogP contribution in [0.1, 0.15) is 22.3 Å². The number of β-amino-alcohol motifs (C(OH)–C–C–N with tert-alkyl or cyclic N) is 1. The second-order valence-electron chi connectivity index (χ2n) is 6.37. The fraction of sp³-hybridized carbons (Fsp3) is 0.389. The van der Waals surface area contributed by atoms with Crippen molar-refractivity contribution in [3.63, 3.8) is 0 Å². The van der Waals surface area contributed by atoms with E-state index < -0.39 is 18.2 Å². The van der Waals surface area contributed by atoms with E-state index in [4.69, 9.17) is 9.84 Å². The van der Waals surface area contributed by atoms with Crippen LogP contribution >= 0.6 is 0 Å². The topological polar surface area (TPSA) is 105 Å². The Hall–Kier alpha value is -2.87. The lowest BCUT2D eigenvalue weighted by Crippen LogP contribution is -2.31. The van der Waals surface area contributed by atoms with E-state index in [1.54, 1.807) is 27.9 Å². The Bertz CT molecular complexity index is 786. The van der Waals surface area contributed by atoms with Crippen molar-refractivity contribution >= 4 is 11.9 Å². The maximum absolute atomic E-state index is 12.4. The zero-order valence-corrected chi connectivity index (χ0v) is 14.4. The third kappa shape index (κ3) is 4.20. The predicted molar refractivity (Wildman–Crippen MR) is 91.9 cm³/mol. The Balaban J connectivity index is 1.53. The summed E-state index contributed by atoms with van der Waals surface area (Å²) >= 11 is 0. The smallest absolute Gasteiger partial charge is 0.335 e. The Kier molecular flexibility index (Phi) is 5.22. The number of aliphatic hydroxyl groups excluding tert-OH is 1. The molecule has 8 heteroatoms. The van der Waals surface area contributed by atoms with Gasteiger partial charge in [-0.15, -0.1) is 0 Å². The number of aromatic nitrogens is 2. The summed E-state index contributed by atoms with van der Waals surface area (Å²) in [5.74, 6) is -0.591. The summed E-state index contributed by atoms with van der Waals surface area (Å²) in [7, 11) is 1.83. The molecule has 0 aliphatic carbocycles. The summed E-state index contributed by atoms with van der Waals surface area (Å²) in [4.78, 5) is 24.8. The molecule has 0 unspecified atom stereocenters. The number of rotatable bonds is 6. The molecule has 0 radical (unpaired) electrons. The van der Waals surface area contributed by atoms with Crippen LogP contribution in [0.15, 0.2) is 36.7 Å². The first-order valence-electron chi connectivity index (χ1n) is 8.36. The van der Waals surface area contributed by atoms with Crippen molar-refractivity contribution in [3.8, 4) is 5.75 Å². The fourth-order valence-corrected chi connectivity index (χ4v) is 2.94. The molecule has 0 bridgehead atoms. The van der Waals surface area contributed by atoms with Gasteiger partial charge in [0.1, 0.15) is 18.0 Å². The minimum atomic E-state index is -1.01. The third-order valence-electron chi connectivity index (χ3n) is 4.36. The number of nitrogens with zero attached hydrogens (tertiary/aromatic N) is 3. The Morgan fingerprint density at radius 2 is 2.00 bits per heavy atom. The lowest BCUT2D eigenvalue weighted by atomic mass is 10.2. The average molecular weight is 359 g/mol. The highest BCUT2D eigenvalue weighted by molar-refractivity contribution is 5.87. The van der Waals surface area contributed by atoms with E-state index in [1.807, 2.05) is 13.2 Å². The highest BCUT2D eigenvalue weighted by atomic mass is 16.5. The van der Waals surface area contributed by atoms with Gasteiger partial charge >= 0.3 is 5.97 Å². The number of carboxylic acid groups (broad SMARTS) is 1. The van der Waals surface area contributed by atoms with Crippen LogP contribution in [-0.2, 0) is 18.3 Å². The number of hydrogen-bond acceptors (Lipinski definition) is 5. The standard InChI is InChI=1S/C18H21N3O5/c1-20-9-12(8-19-20)2-7-17(23)21-10-15(22)16(11-21)26-14-5-3-13(4-6-14)18(24)25/h3-6,8-9,15-16,22H,2,7,10-11H2,1H3,(H,24,25)/t15-,16-/m1/s1. The summed E-state index contributed by atoms with van der Waals surface area (Å²) in [5, 5.41) is 23.2. The maximum atomic E-state index is 12.4. The number of carboxylic acids is 1. The van der Waals surface area contributed by atoms with Gasteiger partial charge in [-0.1, -0.05) is 0 Å². The highest BCUT2D eigenvalue weighted by Crippen LogP contribution is 2.20. The first-order chi connectivity index (χ1) is 12.4. The molecule has 1 saturated heterocycles. The molecule has 0 saturated carbocycles. The van der Waals surface area contributed by atoms with E-state index in [9.17, 15) is 14.7 Å². The van der Waals surface area contributed by atoms with Crippen molar-refractivity contribution in [1.29, 1.82) is 0 Å². The first kappa shape index (κ1) is 17.9. The van der Waals surface area contributed by atoms with E-state index in [0.717, 1.165) is 5.56 Å². The van der Waals surface area contributed by atoms with Gasteiger partial charge in [-0.2, -0.15) is 5.10 Å². The number of carbonyl (C=O) groups is 2. The van der Waals surface area contributed by atoms with Crippen LogP contribution in [0.25, 0.3) is 0 Å². The predicted octanol–water partition coefficient (Wildman–Crippen LogP) is 0.702. The molecule has 1 aromatic carbocycles. The third-order valence-corrected chi connectivity index (χ3v) is 4.36. The molecule has 2 heterocycles. The summed E-state index contributed by atoms with van der Waals surface area (Å²) in [5.41, 5.74) is 1.16. The number of carbonyl (C=O) groups excluding carboxylic acids is 1. The molecule has 1 aliphatic heterocycles. The van der Waals surface area contributed by atoms with Gasteiger partial charge < -0.3 is 19.8 Å². The molecule has 1 aliphatic rings. The summed E-state index contributed by atoms with van der Waals surface area (Å²) in [6.07, 6.45) is 3.24. The Morgan fingerprint density at radius 1 is 1.27 bits per heavy atom. The van der Waals surface area contributed by atoms with Crippen LogP contribution in [0.3, 0.4) is 0 Å². The molecule has 138 valence electrons. The fourth-order valence-electron chi connectivity index (χ4n) is 2.94. The SMILES string of the molecule is Cn1cc(CCC(=O)N2C[C@@H](O)[C@H](Oc3ccc(C(=O)O)cc3)C2)cn1. The van der Waals surface area contributed by atoms with Gasteiger partial charge in [-0.3, -0.25) is 9.48 Å². The van der Waals surface area contributed by atoms with Gasteiger partial charge in [0.05, 0.1) is 24.8 Å². The number of likely N-dealkylation sites (tertiary alicyclic amines) is 1. The normalized spacial score (nSPS) is 19.5. The average Bonchev–Trinajstić information content (AvgIpc) is 3.19. The monoisotopic (exact) mass is 359 g/mol. The molecule has 1 fully saturated rings. The number of hydrogen-bond donors (Lipinski definition) is 2. The van der Waals surface area contributed by atoms with Crippen LogP contribution in [0, 0.1) is 0 Å². The van der Waals surface area contributed by atoms with Gasteiger partial charge in [-0.25, -0.2) is 4.79 Å². The first-order valence-corrected chi connectivity index (χ1v) is 8.36. The molecule has 26 heavy (non-hydrogen) atoms. The van der Waals surface area contributed by atoms with Crippen LogP contribution in [0.4, 0.5) is 0 Å². The van der Waals surface area contributed by atoms with E-state index in [1.165, 1.54) is 12.1 Å². The van der Waals surface area contributed by atoms with E-state index >= 15 is 0 Å². The number of aromatic carboxylic acids is 1. The number of ether oxygens (including phenoxy) is 1. The zero-order valence-electron chi connectivity index (χ0n) is 14.4. The van der Waals surface area contributed by atoms with Crippen molar-refractivity contribution in [2.24, 2.45) is 7.05 Å². The summed E-state index contributed by atoms with van der Waals surface area (Å²) in [6.45, 7) is 0.525. The summed E-state index contributed by atoms with van der Waals surface area (Å²) in [6, 6.07) is 5.97. The molecule has 1 aromatic heterocycles. The molecular weight excluding hydrogens is 338 g/mol. The minimum absolute atomic E-state index is 0.0415. The van der Waals surface area contributed by atoms with Crippen molar-refractivity contribution < 1.29 is 24.5 Å². The van der Waals surface area contributed by atoms with Gasteiger partial charge in [-0.05, 0) is 36.2 Å². The van der Waals surface area contributed by atoms with Crippen LogP contribution in [0.5, 0.6) is 5.75 Å². The van der Waals surface area contributed by atoms with Crippen molar-refractivity contribution in [1.82, 2.24) is 14.7 Å². The van der Waals surface area contributed by atoms with Gasteiger partial charge in [0.15, 0.2) is 0 Å².